The normalized spacial score (nSPS) is 20.9. The molecule has 5 rings (SSSR count). The standard InChI is InChI=1S/C29H37N3O3/c1-20-5-7-23(8-6-20)27-26-19-25(12-11-22(26)13-17-32(27)29(34)24-9-10-24)35-21(2)28(33)30-14-18-31-15-3-4-16-31/h5-8,11-12,19,21,24,27H,3-4,9-10,13-18H2,1-2H3,(H,30,33). The lowest BCUT2D eigenvalue weighted by atomic mass is 9.87. The van der Waals surface area contributed by atoms with Gasteiger partial charge in [0.25, 0.3) is 5.91 Å². The van der Waals surface area contributed by atoms with Crippen LogP contribution in [-0.4, -0.2) is 60.4 Å². The Kier molecular flexibility index (Phi) is 7.09. The average Bonchev–Trinajstić information content (AvgIpc) is 3.59. The molecule has 2 unspecified atom stereocenters. The molecule has 1 aliphatic carbocycles. The Hall–Kier alpha value is -2.86. The minimum atomic E-state index is -0.586. The summed E-state index contributed by atoms with van der Waals surface area (Å²) in [6, 6.07) is 14.5. The molecule has 35 heavy (non-hydrogen) atoms. The van der Waals surface area contributed by atoms with E-state index in [0.717, 1.165) is 56.6 Å². The van der Waals surface area contributed by atoms with Crippen LogP contribution in [0.2, 0.25) is 0 Å². The number of hydrogen-bond acceptors (Lipinski definition) is 4. The van der Waals surface area contributed by atoms with Crippen LogP contribution >= 0.6 is 0 Å². The van der Waals surface area contributed by atoms with Crippen molar-refractivity contribution in [3.8, 4) is 5.75 Å². The van der Waals surface area contributed by atoms with Crippen LogP contribution in [-0.2, 0) is 16.0 Å². The summed E-state index contributed by atoms with van der Waals surface area (Å²) < 4.78 is 6.09. The van der Waals surface area contributed by atoms with E-state index in [1.54, 1.807) is 6.92 Å². The lowest BCUT2D eigenvalue weighted by Crippen LogP contribution is -2.41. The van der Waals surface area contributed by atoms with Crippen molar-refractivity contribution in [1.82, 2.24) is 15.1 Å². The molecule has 2 aromatic carbocycles. The molecule has 2 aromatic rings. The highest BCUT2D eigenvalue weighted by atomic mass is 16.5. The van der Waals surface area contributed by atoms with E-state index >= 15 is 0 Å². The van der Waals surface area contributed by atoms with Gasteiger partial charge in [-0.2, -0.15) is 0 Å². The Labute approximate surface area is 208 Å². The molecule has 2 aliphatic heterocycles. The molecule has 0 aromatic heterocycles. The number of hydrogen-bond donors (Lipinski definition) is 1. The molecule has 6 nitrogen and oxygen atoms in total. The Balaban J connectivity index is 1.32. The third-order valence-corrected chi connectivity index (χ3v) is 7.56. The highest BCUT2D eigenvalue weighted by Crippen LogP contribution is 2.41. The van der Waals surface area contributed by atoms with Crippen LogP contribution in [0.3, 0.4) is 0 Å². The molecule has 0 radical (unpaired) electrons. The van der Waals surface area contributed by atoms with Crippen molar-refractivity contribution in [2.45, 2.75) is 58.1 Å². The molecule has 0 bridgehead atoms. The second-order valence-corrected chi connectivity index (χ2v) is 10.3. The average molecular weight is 476 g/mol. The maximum absolute atomic E-state index is 13.2. The second-order valence-electron chi connectivity index (χ2n) is 10.3. The van der Waals surface area contributed by atoms with Crippen LogP contribution in [0.15, 0.2) is 42.5 Å². The van der Waals surface area contributed by atoms with Crippen LogP contribution in [0, 0.1) is 12.8 Å². The zero-order chi connectivity index (χ0) is 24.4. The van der Waals surface area contributed by atoms with Gasteiger partial charge < -0.3 is 19.9 Å². The molecule has 2 amide bonds. The molecule has 2 atom stereocenters. The quantitative estimate of drug-likeness (QED) is 0.630. The topological polar surface area (TPSA) is 61.9 Å². The maximum atomic E-state index is 13.2. The summed E-state index contributed by atoms with van der Waals surface area (Å²) >= 11 is 0. The van der Waals surface area contributed by atoms with Gasteiger partial charge in [-0.3, -0.25) is 9.59 Å². The van der Waals surface area contributed by atoms with E-state index in [0.29, 0.717) is 12.3 Å². The van der Waals surface area contributed by atoms with Gasteiger partial charge in [-0.1, -0.05) is 35.9 Å². The molecular weight excluding hydrogens is 438 g/mol. The number of carbonyl (C=O) groups is 2. The molecule has 1 saturated heterocycles. The molecular formula is C29H37N3O3. The Morgan fingerprint density at radius 2 is 1.80 bits per heavy atom. The number of carbonyl (C=O) groups excluding carboxylic acids is 2. The van der Waals surface area contributed by atoms with Crippen LogP contribution < -0.4 is 10.1 Å². The molecule has 1 N–H and O–H groups in total. The van der Waals surface area contributed by atoms with Crippen LogP contribution in [0.25, 0.3) is 0 Å². The summed E-state index contributed by atoms with van der Waals surface area (Å²) in [5.74, 6) is 1.01. The molecule has 2 heterocycles. The van der Waals surface area contributed by atoms with Gasteiger partial charge in [0.15, 0.2) is 6.10 Å². The van der Waals surface area contributed by atoms with E-state index in [1.807, 2.05) is 12.1 Å². The van der Waals surface area contributed by atoms with Gasteiger partial charge in [0.1, 0.15) is 5.75 Å². The number of fused-ring (bicyclic) bond motifs is 1. The first-order valence-corrected chi connectivity index (χ1v) is 13.2. The van der Waals surface area contributed by atoms with E-state index < -0.39 is 6.10 Å². The van der Waals surface area contributed by atoms with E-state index in [9.17, 15) is 9.59 Å². The number of likely N-dealkylation sites (tertiary alicyclic amines) is 1. The third kappa shape index (κ3) is 5.53. The van der Waals surface area contributed by atoms with Gasteiger partial charge in [-0.05, 0) is 87.9 Å². The zero-order valence-corrected chi connectivity index (χ0v) is 21.0. The van der Waals surface area contributed by atoms with Crippen molar-refractivity contribution in [2.75, 3.05) is 32.7 Å². The largest absolute Gasteiger partial charge is 0.481 e. The SMILES string of the molecule is Cc1ccc(C2c3cc(OC(C)C(=O)NCCN4CCCC4)ccc3CCN2C(=O)C2CC2)cc1. The number of nitrogens with zero attached hydrogens (tertiary/aromatic N) is 2. The number of amides is 2. The smallest absolute Gasteiger partial charge is 0.260 e. The number of nitrogens with one attached hydrogen (secondary N) is 1. The van der Waals surface area contributed by atoms with E-state index in [-0.39, 0.29) is 23.8 Å². The van der Waals surface area contributed by atoms with Crippen LogP contribution in [0.5, 0.6) is 5.75 Å². The van der Waals surface area contributed by atoms with Gasteiger partial charge in [-0.15, -0.1) is 0 Å². The van der Waals surface area contributed by atoms with Gasteiger partial charge in [0.05, 0.1) is 6.04 Å². The molecule has 1 saturated carbocycles. The van der Waals surface area contributed by atoms with Gasteiger partial charge in [-0.25, -0.2) is 0 Å². The first-order valence-electron chi connectivity index (χ1n) is 13.2. The van der Waals surface area contributed by atoms with Gasteiger partial charge >= 0.3 is 0 Å². The van der Waals surface area contributed by atoms with Gasteiger partial charge in [0, 0.05) is 25.6 Å². The number of ether oxygens (including phenoxy) is 1. The molecule has 0 spiro atoms. The lowest BCUT2D eigenvalue weighted by molar-refractivity contribution is -0.134. The van der Waals surface area contributed by atoms with Crippen LogP contribution in [0.4, 0.5) is 0 Å². The van der Waals surface area contributed by atoms with Crippen molar-refractivity contribution < 1.29 is 14.3 Å². The van der Waals surface area contributed by atoms with Crippen molar-refractivity contribution in [2.24, 2.45) is 5.92 Å². The summed E-state index contributed by atoms with van der Waals surface area (Å²) in [5.41, 5.74) is 4.67. The van der Waals surface area contributed by atoms with E-state index in [1.165, 1.54) is 24.0 Å². The monoisotopic (exact) mass is 475 g/mol. The predicted molar refractivity (Wildman–Crippen MR) is 136 cm³/mol. The van der Waals surface area contributed by atoms with Crippen LogP contribution in [0.1, 0.15) is 60.9 Å². The first kappa shape index (κ1) is 23.9. The summed E-state index contributed by atoms with van der Waals surface area (Å²) in [5, 5.41) is 3.01. The fourth-order valence-corrected chi connectivity index (χ4v) is 5.32. The second kappa shape index (κ2) is 10.4. The zero-order valence-electron chi connectivity index (χ0n) is 21.0. The summed E-state index contributed by atoms with van der Waals surface area (Å²) in [6.07, 6.45) is 4.74. The highest BCUT2D eigenvalue weighted by molar-refractivity contribution is 5.82. The lowest BCUT2D eigenvalue weighted by Gasteiger charge is -2.38. The minimum absolute atomic E-state index is 0.0949. The van der Waals surface area contributed by atoms with Crippen molar-refractivity contribution in [1.29, 1.82) is 0 Å². The summed E-state index contributed by atoms with van der Waals surface area (Å²) in [7, 11) is 0. The maximum Gasteiger partial charge on any atom is 0.260 e. The fraction of sp³-hybridized carbons (Fsp3) is 0.517. The first-order chi connectivity index (χ1) is 17.0. The fourth-order valence-electron chi connectivity index (χ4n) is 5.32. The molecule has 2 fully saturated rings. The predicted octanol–water partition coefficient (Wildman–Crippen LogP) is 3.86. The number of benzene rings is 2. The third-order valence-electron chi connectivity index (χ3n) is 7.56. The summed E-state index contributed by atoms with van der Waals surface area (Å²) in [6.45, 7) is 8.39. The molecule has 3 aliphatic rings. The Bertz CT molecular complexity index is 1060. The van der Waals surface area contributed by atoms with Crippen molar-refractivity contribution in [3.63, 3.8) is 0 Å². The molecule has 186 valence electrons. The van der Waals surface area contributed by atoms with Crippen molar-refractivity contribution in [3.05, 3.63) is 64.7 Å². The minimum Gasteiger partial charge on any atom is -0.481 e. The Morgan fingerprint density at radius 3 is 2.51 bits per heavy atom. The van der Waals surface area contributed by atoms with E-state index in [4.69, 9.17) is 4.74 Å². The highest BCUT2D eigenvalue weighted by Gasteiger charge is 2.39. The van der Waals surface area contributed by atoms with E-state index in [2.05, 4.69) is 52.4 Å². The Morgan fingerprint density at radius 1 is 1.06 bits per heavy atom. The number of aryl methyl sites for hydroxylation is 1. The summed E-state index contributed by atoms with van der Waals surface area (Å²) in [4.78, 5) is 30.3. The number of rotatable bonds is 8. The molecule has 6 heteroatoms. The van der Waals surface area contributed by atoms with Gasteiger partial charge in [0.2, 0.25) is 5.91 Å². The van der Waals surface area contributed by atoms with Crippen molar-refractivity contribution >= 4 is 11.8 Å².